The van der Waals surface area contributed by atoms with Gasteiger partial charge in [-0.1, -0.05) is 0 Å². The van der Waals surface area contributed by atoms with Crippen molar-refractivity contribution in [3.8, 4) is 0 Å². The number of thiol groups is 1. The number of nitrogens with one attached hydrogen (secondary N) is 3. The van der Waals surface area contributed by atoms with Crippen LogP contribution in [0.3, 0.4) is 0 Å². The molecule has 26 heavy (non-hydrogen) atoms. The normalized spacial score (nSPS) is 16.5. The molecule has 0 bridgehead atoms. The van der Waals surface area contributed by atoms with Gasteiger partial charge in [0.15, 0.2) is 0 Å². The van der Waals surface area contributed by atoms with Gasteiger partial charge in [-0.3, -0.25) is 14.4 Å². The van der Waals surface area contributed by atoms with Gasteiger partial charge in [-0.15, -0.1) is 0 Å². The summed E-state index contributed by atoms with van der Waals surface area (Å²) in [5.41, 5.74) is 5.39. The minimum Gasteiger partial charge on any atom is -0.480 e. The van der Waals surface area contributed by atoms with Gasteiger partial charge in [-0.2, -0.15) is 12.6 Å². The van der Waals surface area contributed by atoms with Crippen molar-refractivity contribution in [1.29, 1.82) is 0 Å². The molecule has 0 aromatic carbocycles. The van der Waals surface area contributed by atoms with Crippen LogP contribution in [0, 0.1) is 0 Å². The lowest BCUT2D eigenvalue weighted by Gasteiger charge is -2.23. The van der Waals surface area contributed by atoms with Crippen molar-refractivity contribution < 1.29 is 39.6 Å². The fraction of sp³-hybridized carbons (Fsp3) is 0.692. The topological polar surface area (TPSA) is 211 Å². The molecule has 0 rings (SSSR count). The van der Waals surface area contributed by atoms with Crippen molar-refractivity contribution in [2.75, 3.05) is 19.0 Å². The highest BCUT2D eigenvalue weighted by atomic mass is 32.1. The van der Waals surface area contributed by atoms with Crippen molar-refractivity contribution in [3.05, 3.63) is 0 Å². The quantitative estimate of drug-likeness (QED) is 0.153. The highest BCUT2D eigenvalue weighted by Crippen LogP contribution is 1.95. The average Bonchev–Trinajstić information content (AvgIpc) is 2.59. The number of carboxylic acid groups (broad SMARTS) is 1. The van der Waals surface area contributed by atoms with Crippen molar-refractivity contribution in [1.82, 2.24) is 16.0 Å². The third-order valence-electron chi connectivity index (χ3n) is 3.25. The van der Waals surface area contributed by atoms with Gasteiger partial charge in [0.2, 0.25) is 17.7 Å². The number of nitrogens with two attached hydrogens (primary N) is 1. The predicted molar refractivity (Wildman–Crippen MR) is 91.1 cm³/mol. The smallest absolute Gasteiger partial charge is 0.327 e. The molecule has 0 aliphatic carbocycles. The maximum absolute atomic E-state index is 12.1. The number of carboxylic acids is 1. The highest BCUT2D eigenvalue weighted by molar-refractivity contribution is 7.80. The van der Waals surface area contributed by atoms with Crippen LogP contribution in [0.5, 0.6) is 0 Å². The lowest BCUT2D eigenvalue weighted by molar-refractivity contribution is -0.142. The van der Waals surface area contributed by atoms with Crippen LogP contribution in [-0.4, -0.2) is 93.4 Å². The number of hydrogen-bond donors (Lipinski definition) is 9. The monoisotopic (exact) mass is 396 g/mol. The maximum Gasteiger partial charge on any atom is 0.327 e. The maximum atomic E-state index is 12.1. The molecule has 0 aromatic rings. The zero-order valence-electron chi connectivity index (χ0n) is 14.0. The van der Waals surface area contributed by atoms with E-state index in [1.807, 2.05) is 0 Å². The van der Waals surface area contributed by atoms with Crippen LogP contribution >= 0.6 is 12.6 Å². The Labute approximate surface area is 154 Å². The number of carbonyl (C=O) groups excluding carboxylic acids is 3. The summed E-state index contributed by atoms with van der Waals surface area (Å²) < 4.78 is 0. The molecule has 13 heteroatoms. The van der Waals surface area contributed by atoms with Crippen LogP contribution in [-0.2, 0) is 19.2 Å². The highest BCUT2D eigenvalue weighted by Gasteiger charge is 2.30. The Morgan fingerprint density at radius 2 is 1.31 bits per heavy atom. The Bertz CT molecular complexity index is 518. The second-order valence-corrected chi connectivity index (χ2v) is 5.70. The molecule has 0 aliphatic heterocycles. The number of aliphatic hydroxyl groups is 3. The fourth-order valence-electron chi connectivity index (χ4n) is 1.61. The first-order chi connectivity index (χ1) is 12.1. The second kappa shape index (κ2) is 11.6. The van der Waals surface area contributed by atoms with E-state index in [2.05, 4.69) is 28.6 Å². The van der Waals surface area contributed by atoms with Gasteiger partial charge in [0.1, 0.15) is 24.2 Å². The van der Waals surface area contributed by atoms with Gasteiger partial charge in [-0.25, -0.2) is 4.79 Å². The summed E-state index contributed by atoms with van der Waals surface area (Å²) in [6.07, 6.45) is -1.21. The van der Waals surface area contributed by atoms with Crippen LogP contribution in [0.1, 0.15) is 6.92 Å². The lowest BCUT2D eigenvalue weighted by Crippen LogP contribution is -2.59. The van der Waals surface area contributed by atoms with Crippen LogP contribution in [0.2, 0.25) is 0 Å². The number of hydrogen-bond acceptors (Lipinski definition) is 9. The average molecular weight is 396 g/mol. The summed E-state index contributed by atoms with van der Waals surface area (Å²) in [5, 5.41) is 42.7. The summed E-state index contributed by atoms with van der Waals surface area (Å²) in [4.78, 5) is 46.6. The van der Waals surface area contributed by atoms with E-state index in [9.17, 15) is 34.5 Å². The summed E-state index contributed by atoms with van der Waals surface area (Å²) in [6, 6.07) is -5.72. The molecule has 0 saturated heterocycles. The Hall–Kier alpha value is -1.93. The summed E-state index contributed by atoms with van der Waals surface area (Å²) in [6.45, 7) is -0.460. The molecule has 0 spiro atoms. The van der Waals surface area contributed by atoms with Gasteiger partial charge in [-0.05, 0) is 6.92 Å². The van der Waals surface area contributed by atoms with Gasteiger partial charge >= 0.3 is 5.97 Å². The Morgan fingerprint density at radius 1 is 0.923 bits per heavy atom. The molecule has 5 unspecified atom stereocenters. The molecular weight excluding hydrogens is 372 g/mol. The zero-order chi connectivity index (χ0) is 20.4. The van der Waals surface area contributed by atoms with Gasteiger partial charge < -0.3 is 42.1 Å². The first-order valence-corrected chi connectivity index (χ1v) is 8.12. The van der Waals surface area contributed by atoms with E-state index >= 15 is 0 Å². The minimum atomic E-state index is -1.53. The standard InChI is InChI=1S/C13H24N4O8S/c1-5(20)9(14)12(23)16-7(3-19)10(21)15-6(2-18)11(22)17-8(4-26)13(24)25/h5-9,18-20,26H,2-4,14H2,1H3,(H,15,21)(H,16,23)(H,17,22)(H,24,25). The molecule has 0 fully saturated rings. The zero-order valence-corrected chi connectivity index (χ0v) is 14.8. The molecule has 0 aliphatic rings. The van der Waals surface area contributed by atoms with E-state index in [0.717, 1.165) is 0 Å². The van der Waals surface area contributed by atoms with E-state index in [0.29, 0.717) is 0 Å². The molecular formula is C13H24N4O8S. The Kier molecular flexibility index (Phi) is 10.8. The number of aliphatic hydroxyl groups excluding tert-OH is 3. The predicted octanol–water partition coefficient (Wildman–Crippen LogP) is -4.85. The fourth-order valence-corrected chi connectivity index (χ4v) is 1.85. The van der Waals surface area contributed by atoms with Crippen molar-refractivity contribution >= 4 is 36.3 Å². The van der Waals surface area contributed by atoms with Crippen molar-refractivity contribution in [2.24, 2.45) is 5.73 Å². The van der Waals surface area contributed by atoms with E-state index < -0.39 is 67.2 Å². The summed E-state index contributed by atoms with van der Waals surface area (Å²) >= 11 is 3.76. The summed E-state index contributed by atoms with van der Waals surface area (Å²) in [7, 11) is 0. The number of amides is 3. The first kappa shape index (κ1) is 24.1. The number of rotatable bonds is 11. The first-order valence-electron chi connectivity index (χ1n) is 7.49. The molecule has 12 nitrogen and oxygen atoms in total. The van der Waals surface area contributed by atoms with Crippen LogP contribution in [0.25, 0.3) is 0 Å². The number of aliphatic carboxylic acids is 1. The summed E-state index contributed by atoms with van der Waals surface area (Å²) in [5.74, 6) is -4.51. The molecule has 3 amide bonds. The van der Waals surface area contributed by atoms with Gasteiger partial charge in [0.05, 0.1) is 19.3 Å². The van der Waals surface area contributed by atoms with E-state index in [4.69, 9.17) is 10.8 Å². The van der Waals surface area contributed by atoms with E-state index in [1.165, 1.54) is 6.92 Å². The second-order valence-electron chi connectivity index (χ2n) is 5.34. The molecule has 0 radical (unpaired) electrons. The van der Waals surface area contributed by atoms with Gasteiger partial charge in [0, 0.05) is 5.75 Å². The Morgan fingerprint density at radius 3 is 1.62 bits per heavy atom. The third-order valence-corrected chi connectivity index (χ3v) is 3.62. The largest absolute Gasteiger partial charge is 0.480 e. The molecule has 150 valence electrons. The minimum absolute atomic E-state index is 0.222. The molecule has 0 heterocycles. The van der Waals surface area contributed by atoms with Crippen LogP contribution < -0.4 is 21.7 Å². The van der Waals surface area contributed by atoms with Crippen molar-refractivity contribution in [3.63, 3.8) is 0 Å². The van der Waals surface area contributed by atoms with Gasteiger partial charge in [0.25, 0.3) is 0 Å². The van der Waals surface area contributed by atoms with Crippen LogP contribution in [0.4, 0.5) is 0 Å². The Balaban J connectivity index is 4.91. The van der Waals surface area contributed by atoms with Crippen LogP contribution in [0.15, 0.2) is 0 Å². The molecule has 5 atom stereocenters. The van der Waals surface area contributed by atoms with E-state index in [1.54, 1.807) is 0 Å². The van der Waals surface area contributed by atoms with E-state index in [-0.39, 0.29) is 5.75 Å². The number of carbonyl (C=O) groups is 4. The molecule has 0 saturated carbocycles. The van der Waals surface area contributed by atoms with Crippen molar-refractivity contribution in [2.45, 2.75) is 37.2 Å². The third kappa shape index (κ3) is 7.53. The molecule has 9 N–H and O–H groups in total. The SMILES string of the molecule is CC(O)C(N)C(=O)NC(CO)C(=O)NC(CO)C(=O)NC(CS)C(=O)O. The molecule has 0 aromatic heterocycles. The lowest BCUT2D eigenvalue weighted by atomic mass is 10.1.